The van der Waals surface area contributed by atoms with Crippen LogP contribution in [0.5, 0.6) is 0 Å². The summed E-state index contributed by atoms with van der Waals surface area (Å²) in [6.45, 7) is 2.90. The van der Waals surface area contributed by atoms with Crippen molar-refractivity contribution in [1.82, 2.24) is 4.90 Å². The van der Waals surface area contributed by atoms with Gasteiger partial charge in [0.2, 0.25) is 5.91 Å². The van der Waals surface area contributed by atoms with Crippen molar-refractivity contribution in [3.05, 3.63) is 64.7 Å². The molecule has 0 unspecified atom stereocenters. The van der Waals surface area contributed by atoms with Gasteiger partial charge in [-0.15, -0.1) is 0 Å². The van der Waals surface area contributed by atoms with E-state index in [9.17, 15) is 23.3 Å². The highest BCUT2D eigenvalue weighted by Gasteiger charge is 2.30. The second-order valence-electron chi connectivity index (χ2n) is 7.19. The van der Waals surface area contributed by atoms with E-state index < -0.39 is 14.9 Å². The summed E-state index contributed by atoms with van der Waals surface area (Å²) in [7, 11) is -4.02. The van der Waals surface area contributed by atoms with Gasteiger partial charge in [-0.3, -0.25) is 19.2 Å². The molecule has 1 saturated heterocycles. The number of hydrogen-bond donors (Lipinski definition) is 0. The van der Waals surface area contributed by atoms with Crippen molar-refractivity contribution in [2.24, 2.45) is 5.92 Å². The minimum atomic E-state index is -4.02. The predicted molar refractivity (Wildman–Crippen MR) is 109 cm³/mol. The van der Waals surface area contributed by atoms with Crippen LogP contribution >= 0.6 is 0 Å². The highest BCUT2D eigenvalue weighted by atomic mass is 32.2. The van der Waals surface area contributed by atoms with Crippen LogP contribution in [-0.2, 0) is 14.8 Å². The normalized spacial score (nSPS) is 17.0. The van der Waals surface area contributed by atoms with Crippen molar-refractivity contribution in [2.45, 2.75) is 24.7 Å². The van der Waals surface area contributed by atoms with Crippen LogP contribution < -0.4 is 4.31 Å². The summed E-state index contributed by atoms with van der Waals surface area (Å²) in [5.41, 5.74) is 0.0554. The maximum Gasteiger partial charge on any atom is 0.269 e. The fourth-order valence-electron chi connectivity index (χ4n) is 3.41. The lowest BCUT2D eigenvalue weighted by molar-refractivity contribution is -0.384. The summed E-state index contributed by atoms with van der Waals surface area (Å²) >= 11 is 0. The van der Waals surface area contributed by atoms with Gasteiger partial charge in [-0.1, -0.05) is 25.1 Å². The molecule has 0 aliphatic carbocycles. The molecule has 3 rings (SSSR count). The van der Waals surface area contributed by atoms with Crippen LogP contribution in [0.4, 0.5) is 11.4 Å². The first-order valence-electron chi connectivity index (χ1n) is 9.39. The van der Waals surface area contributed by atoms with E-state index in [-0.39, 0.29) is 28.7 Å². The number of sulfonamides is 1. The van der Waals surface area contributed by atoms with Crippen LogP contribution in [0.2, 0.25) is 0 Å². The standard InChI is InChI=1S/C20H23N3O5S/c1-16-6-5-13-21(14-16)20(24)15-22(17-9-11-18(12-10-17)23(25)26)29(27,28)19-7-3-2-4-8-19/h2-4,7-12,16H,5-6,13-15H2,1H3/t16-/m0/s1. The number of carbonyl (C=O) groups excluding carboxylic acids is 1. The van der Waals surface area contributed by atoms with Gasteiger partial charge in [-0.2, -0.15) is 0 Å². The van der Waals surface area contributed by atoms with Crippen molar-refractivity contribution in [2.75, 3.05) is 23.9 Å². The maximum atomic E-state index is 13.3. The van der Waals surface area contributed by atoms with Crippen molar-refractivity contribution < 1.29 is 18.1 Å². The maximum absolute atomic E-state index is 13.3. The number of nitro benzene ring substituents is 1. The predicted octanol–water partition coefficient (Wildman–Crippen LogP) is 3.05. The average Bonchev–Trinajstić information content (AvgIpc) is 2.72. The molecule has 0 bridgehead atoms. The Hall–Kier alpha value is -2.94. The number of hydrogen-bond acceptors (Lipinski definition) is 5. The Morgan fingerprint density at radius 2 is 1.83 bits per heavy atom. The summed E-state index contributed by atoms with van der Waals surface area (Å²) in [6, 6.07) is 13.0. The van der Waals surface area contributed by atoms with Crippen LogP contribution in [0.3, 0.4) is 0 Å². The molecule has 1 aliphatic heterocycles. The molecule has 0 radical (unpaired) electrons. The van der Waals surface area contributed by atoms with Crippen LogP contribution in [0, 0.1) is 16.0 Å². The molecule has 2 aromatic carbocycles. The topological polar surface area (TPSA) is 101 Å². The average molecular weight is 417 g/mol. The molecule has 29 heavy (non-hydrogen) atoms. The van der Waals surface area contributed by atoms with Gasteiger partial charge in [0.05, 0.1) is 15.5 Å². The van der Waals surface area contributed by atoms with Crippen molar-refractivity contribution in [3.8, 4) is 0 Å². The smallest absolute Gasteiger partial charge is 0.269 e. The summed E-state index contributed by atoms with van der Waals surface area (Å²) in [6.07, 6.45) is 1.92. The summed E-state index contributed by atoms with van der Waals surface area (Å²) < 4.78 is 27.5. The molecule has 0 saturated carbocycles. The Bertz CT molecular complexity index is 977. The van der Waals surface area contributed by atoms with E-state index in [0.29, 0.717) is 19.0 Å². The van der Waals surface area contributed by atoms with Gasteiger partial charge in [0, 0.05) is 25.2 Å². The molecule has 0 spiro atoms. The largest absolute Gasteiger partial charge is 0.341 e. The Balaban J connectivity index is 1.95. The summed E-state index contributed by atoms with van der Waals surface area (Å²) in [4.78, 5) is 25.0. The molecular weight excluding hydrogens is 394 g/mol. The summed E-state index contributed by atoms with van der Waals surface area (Å²) in [5.74, 6) is 0.0839. The molecule has 0 N–H and O–H groups in total. The molecule has 0 aromatic heterocycles. The lowest BCUT2D eigenvalue weighted by Crippen LogP contribution is -2.46. The molecule has 1 aliphatic rings. The number of non-ortho nitro benzene ring substituents is 1. The zero-order chi connectivity index (χ0) is 21.0. The van der Waals surface area contributed by atoms with Crippen molar-refractivity contribution >= 4 is 27.3 Å². The number of anilines is 1. The number of benzene rings is 2. The molecule has 1 fully saturated rings. The Labute approximate surface area is 169 Å². The fourth-order valence-corrected chi connectivity index (χ4v) is 4.85. The highest BCUT2D eigenvalue weighted by molar-refractivity contribution is 7.92. The van der Waals surface area contributed by atoms with Gasteiger partial charge in [0.25, 0.3) is 15.7 Å². The van der Waals surface area contributed by atoms with Gasteiger partial charge in [-0.05, 0) is 43.0 Å². The van der Waals surface area contributed by atoms with E-state index in [0.717, 1.165) is 17.1 Å². The van der Waals surface area contributed by atoms with Crippen LogP contribution in [-0.4, -0.2) is 43.8 Å². The van der Waals surface area contributed by atoms with E-state index in [4.69, 9.17) is 0 Å². The minimum absolute atomic E-state index is 0.0539. The van der Waals surface area contributed by atoms with Crippen molar-refractivity contribution in [1.29, 1.82) is 0 Å². The van der Waals surface area contributed by atoms with Crippen LogP contribution in [0.15, 0.2) is 59.5 Å². The van der Waals surface area contributed by atoms with E-state index in [1.165, 1.54) is 36.4 Å². The molecule has 154 valence electrons. The van der Waals surface area contributed by atoms with Crippen molar-refractivity contribution in [3.63, 3.8) is 0 Å². The highest BCUT2D eigenvalue weighted by Crippen LogP contribution is 2.26. The van der Waals surface area contributed by atoms with Gasteiger partial charge in [0.1, 0.15) is 6.54 Å². The minimum Gasteiger partial charge on any atom is -0.341 e. The second-order valence-corrected chi connectivity index (χ2v) is 9.05. The number of piperidine rings is 1. The lowest BCUT2D eigenvalue weighted by Gasteiger charge is -2.33. The zero-order valence-corrected chi connectivity index (χ0v) is 16.9. The third kappa shape index (κ3) is 4.73. The SMILES string of the molecule is C[C@H]1CCCN(C(=O)CN(c2ccc([N+](=O)[O-])cc2)S(=O)(=O)c2ccccc2)C1. The molecule has 1 atom stereocenters. The zero-order valence-electron chi connectivity index (χ0n) is 16.1. The second kappa shape index (κ2) is 8.60. The van der Waals surface area contributed by atoms with E-state index in [2.05, 4.69) is 6.92 Å². The number of carbonyl (C=O) groups is 1. The fraction of sp³-hybridized carbons (Fsp3) is 0.350. The third-order valence-electron chi connectivity index (χ3n) is 4.97. The van der Waals surface area contributed by atoms with E-state index in [1.54, 1.807) is 23.1 Å². The number of nitrogens with zero attached hydrogens (tertiary/aromatic N) is 3. The Morgan fingerprint density at radius 3 is 2.41 bits per heavy atom. The van der Waals surface area contributed by atoms with E-state index in [1.807, 2.05) is 0 Å². The summed E-state index contributed by atoms with van der Waals surface area (Å²) in [5, 5.41) is 10.9. The van der Waals surface area contributed by atoms with Gasteiger partial charge in [0.15, 0.2) is 0 Å². The first-order chi connectivity index (χ1) is 13.8. The third-order valence-corrected chi connectivity index (χ3v) is 6.76. The molecule has 9 heteroatoms. The number of rotatable bonds is 6. The molecule has 1 heterocycles. The van der Waals surface area contributed by atoms with E-state index >= 15 is 0 Å². The monoisotopic (exact) mass is 417 g/mol. The van der Waals surface area contributed by atoms with Gasteiger partial charge in [-0.25, -0.2) is 8.42 Å². The quantitative estimate of drug-likeness (QED) is 0.531. The lowest BCUT2D eigenvalue weighted by atomic mass is 10.0. The Kier molecular flexibility index (Phi) is 6.17. The molecular formula is C20H23N3O5S. The Morgan fingerprint density at radius 1 is 1.17 bits per heavy atom. The van der Waals surface area contributed by atoms with Crippen LogP contribution in [0.1, 0.15) is 19.8 Å². The first kappa shape index (κ1) is 20.8. The van der Waals surface area contributed by atoms with Gasteiger partial charge < -0.3 is 4.90 Å². The first-order valence-corrected chi connectivity index (χ1v) is 10.8. The molecule has 1 amide bonds. The van der Waals surface area contributed by atoms with Gasteiger partial charge >= 0.3 is 0 Å². The number of likely N-dealkylation sites (tertiary alicyclic amines) is 1. The number of amides is 1. The van der Waals surface area contributed by atoms with Crippen LogP contribution in [0.25, 0.3) is 0 Å². The molecule has 2 aromatic rings. The molecule has 8 nitrogen and oxygen atoms in total. The number of nitro groups is 1.